The van der Waals surface area contributed by atoms with Crippen LogP contribution in [0.5, 0.6) is 0 Å². The molecule has 0 atom stereocenters. The predicted octanol–water partition coefficient (Wildman–Crippen LogP) is 3.01. The summed E-state index contributed by atoms with van der Waals surface area (Å²) in [7, 11) is 0. The SMILES string of the molecule is O=C(Cn1nnc(-c2ccccc2Cl)n1)NCCc1ccc(Cl)cc1. The number of halogens is 2. The third-order valence-corrected chi connectivity index (χ3v) is 4.08. The maximum absolute atomic E-state index is 12.0. The average molecular weight is 376 g/mol. The lowest BCUT2D eigenvalue weighted by Crippen LogP contribution is -2.30. The predicted molar refractivity (Wildman–Crippen MR) is 96.4 cm³/mol. The van der Waals surface area contributed by atoms with Gasteiger partial charge in [-0.05, 0) is 41.5 Å². The summed E-state index contributed by atoms with van der Waals surface area (Å²) in [5.74, 6) is 0.205. The molecule has 0 fully saturated rings. The van der Waals surface area contributed by atoms with Gasteiger partial charge < -0.3 is 5.32 Å². The Morgan fingerprint density at radius 3 is 2.60 bits per heavy atom. The highest BCUT2D eigenvalue weighted by molar-refractivity contribution is 6.33. The van der Waals surface area contributed by atoms with Gasteiger partial charge in [-0.2, -0.15) is 4.80 Å². The molecule has 0 aliphatic carbocycles. The number of hydrogen-bond acceptors (Lipinski definition) is 4. The van der Waals surface area contributed by atoms with Crippen molar-refractivity contribution in [3.63, 3.8) is 0 Å². The molecule has 0 aliphatic rings. The van der Waals surface area contributed by atoms with Crippen LogP contribution >= 0.6 is 23.2 Å². The average Bonchev–Trinajstić information content (AvgIpc) is 3.05. The van der Waals surface area contributed by atoms with E-state index < -0.39 is 0 Å². The van der Waals surface area contributed by atoms with Crippen molar-refractivity contribution in [2.45, 2.75) is 13.0 Å². The molecular weight excluding hydrogens is 361 g/mol. The van der Waals surface area contributed by atoms with E-state index in [1.807, 2.05) is 36.4 Å². The molecule has 3 aromatic rings. The lowest BCUT2D eigenvalue weighted by Gasteiger charge is -2.05. The van der Waals surface area contributed by atoms with Crippen LogP contribution in [-0.4, -0.2) is 32.7 Å². The van der Waals surface area contributed by atoms with Crippen molar-refractivity contribution in [2.24, 2.45) is 0 Å². The van der Waals surface area contributed by atoms with Gasteiger partial charge in [-0.25, -0.2) is 0 Å². The molecule has 3 rings (SSSR count). The first-order chi connectivity index (χ1) is 12.1. The Bertz CT molecular complexity index is 863. The number of tetrazole rings is 1. The van der Waals surface area contributed by atoms with E-state index in [0.717, 1.165) is 12.0 Å². The Labute approximate surface area is 154 Å². The largest absolute Gasteiger partial charge is 0.354 e. The van der Waals surface area contributed by atoms with Crippen molar-refractivity contribution in [3.8, 4) is 11.4 Å². The van der Waals surface area contributed by atoms with Crippen molar-refractivity contribution in [3.05, 3.63) is 64.1 Å². The van der Waals surface area contributed by atoms with E-state index >= 15 is 0 Å². The highest BCUT2D eigenvalue weighted by Crippen LogP contribution is 2.23. The van der Waals surface area contributed by atoms with Gasteiger partial charge in [0.05, 0.1) is 5.02 Å². The summed E-state index contributed by atoms with van der Waals surface area (Å²) >= 11 is 11.9. The molecule has 1 amide bonds. The second kappa shape index (κ2) is 8.09. The van der Waals surface area contributed by atoms with Crippen molar-refractivity contribution >= 4 is 29.1 Å². The van der Waals surface area contributed by atoms with Crippen molar-refractivity contribution in [2.75, 3.05) is 6.54 Å². The number of nitrogens with one attached hydrogen (secondary N) is 1. The molecule has 0 spiro atoms. The first-order valence-electron chi connectivity index (χ1n) is 7.65. The molecule has 0 radical (unpaired) electrons. The Morgan fingerprint density at radius 1 is 1.08 bits per heavy atom. The molecule has 0 aliphatic heterocycles. The molecule has 8 heteroatoms. The van der Waals surface area contributed by atoms with Crippen LogP contribution in [0.2, 0.25) is 10.0 Å². The Balaban J connectivity index is 1.52. The fourth-order valence-electron chi connectivity index (χ4n) is 2.24. The Hall–Kier alpha value is -2.44. The van der Waals surface area contributed by atoms with Gasteiger partial charge in [-0.15, -0.1) is 10.2 Å². The van der Waals surface area contributed by atoms with Crippen molar-refractivity contribution in [1.82, 2.24) is 25.5 Å². The number of amides is 1. The Morgan fingerprint density at radius 2 is 1.84 bits per heavy atom. The summed E-state index contributed by atoms with van der Waals surface area (Å²) in [6.45, 7) is 0.518. The molecule has 1 heterocycles. The van der Waals surface area contributed by atoms with E-state index in [2.05, 4.69) is 20.7 Å². The van der Waals surface area contributed by atoms with Gasteiger partial charge in [0.1, 0.15) is 6.54 Å². The number of nitrogens with zero attached hydrogens (tertiary/aromatic N) is 4. The van der Waals surface area contributed by atoms with E-state index in [1.54, 1.807) is 12.1 Å². The number of rotatable bonds is 6. The summed E-state index contributed by atoms with van der Waals surface area (Å²) in [5.41, 5.74) is 1.78. The molecule has 0 unspecified atom stereocenters. The minimum absolute atomic E-state index is 0.00191. The number of carbonyl (C=O) groups excluding carboxylic acids is 1. The fraction of sp³-hybridized carbons (Fsp3) is 0.176. The van der Waals surface area contributed by atoms with E-state index in [0.29, 0.717) is 28.0 Å². The number of hydrogen-bond donors (Lipinski definition) is 1. The first-order valence-corrected chi connectivity index (χ1v) is 8.41. The maximum atomic E-state index is 12.0. The lowest BCUT2D eigenvalue weighted by molar-refractivity contribution is -0.122. The first kappa shape index (κ1) is 17.4. The maximum Gasteiger partial charge on any atom is 0.243 e. The summed E-state index contributed by atoms with van der Waals surface area (Å²) in [6, 6.07) is 14.7. The van der Waals surface area contributed by atoms with Crippen LogP contribution in [0.4, 0.5) is 0 Å². The van der Waals surface area contributed by atoms with Crippen LogP contribution in [0.3, 0.4) is 0 Å². The zero-order chi connectivity index (χ0) is 17.6. The van der Waals surface area contributed by atoms with E-state index in [4.69, 9.17) is 23.2 Å². The van der Waals surface area contributed by atoms with Crippen molar-refractivity contribution < 1.29 is 4.79 Å². The molecule has 0 saturated heterocycles. The Kier molecular flexibility index (Phi) is 5.63. The summed E-state index contributed by atoms with van der Waals surface area (Å²) in [6.07, 6.45) is 0.721. The van der Waals surface area contributed by atoms with Gasteiger partial charge >= 0.3 is 0 Å². The zero-order valence-corrected chi connectivity index (χ0v) is 14.7. The number of aromatic nitrogens is 4. The van der Waals surface area contributed by atoms with E-state index in [-0.39, 0.29) is 12.5 Å². The second-order valence-electron chi connectivity index (χ2n) is 5.35. The third-order valence-electron chi connectivity index (χ3n) is 3.50. The molecule has 0 saturated carbocycles. The molecule has 1 N–H and O–H groups in total. The van der Waals surface area contributed by atoms with Crippen LogP contribution in [0, 0.1) is 0 Å². The van der Waals surface area contributed by atoms with E-state index in [1.165, 1.54) is 4.80 Å². The van der Waals surface area contributed by atoms with Gasteiger partial charge in [0.25, 0.3) is 0 Å². The molecule has 0 bridgehead atoms. The molecule has 2 aromatic carbocycles. The second-order valence-corrected chi connectivity index (χ2v) is 6.19. The highest BCUT2D eigenvalue weighted by Gasteiger charge is 2.11. The molecule has 6 nitrogen and oxygen atoms in total. The smallest absolute Gasteiger partial charge is 0.243 e. The van der Waals surface area contributed by atoms with Crippen LogP contribution in [0.1, 0.15) is 5.56 Å². The topological polar surface area (TPSA) is 72.7 Å². The third kappa shape index (κ3) is 4.78. The lowest BCUT2D eigenvalue weighted by atomic mass is 10.1. The zero-order valence-electron chi connectivity index (χ0n) is 13.2. The number of carbonyl (C=O) groups is 1. The van der Waals surface area contributed by atoms with Gasteiger partial charge in [0.15, 0.2) is 0 Å². The standard InChI is InChI=1S/C17H15Cl2N5O/c18-13-7-5-12(6-8-13)9-10-20-16(25)11-24-22-17(21-23-24)14-3-1-2-4-15(14)19/h1-8H,9-11H2,(H,20,25). The van der Waals surface area contributed by atoms with Gasteiger partial charge in [0.2, 0.25) is 11.7 Å². The van der Waals surface area contributed by atoms with Gasteiger partial charge in [-0.3, -0.25) is 4.79 Å². The quantitative estimate of drug-likeness (QED) is 0.718. The fourth-order valence-corrected chi connectivity index (χ4v) is 2.59. The van der Waals surface area contributed by atoms with Crippen molar-refractivity contribution in [1.29, 1.82) is 0 Å². The molecule has 128 valence electrons. The summed E-state index contributed by atoms with van der Waals surface area (Å²) < 4.78 is 0. The minimum Gasteiger partial charge on any atom is -0.354 e. The van der Waals surface area contributed by atoms with Gasteiger partial charge in [-0.1, -0.05) is 47.5 Å². The van der Waals surface area contributed by atoms with Crippen LogP contribution in [0.15, 0.2) is 48.5 Å². The highest BCUT2D eigenvalue weighted by atomic mass is 35.5. The monoisotopic (exact) mass is 375 g/mol. The molecular formula is C17H15Cl2N5O. The summed E-state index contributed by atoms with van der Waals surface area (Å²) in [4.78, 5) is 13.2. The van der Waals surface area contributed by atoms with E-state index in [9.17, 15) is 4.79 Å². The molecule has 1 aromatic heterocycles. The van der Waals surface area contributed by atoms with Crippen LogP contribution < -0.4 is 5.32 Å². The van der Waals surface area contributed by atoms with Crippen LogP contribution in [-0.2, 0) is 17.8 Å². The summed E-state index contributed by atoms with van der Waals surface area (Å²) in [5, 5.41) is 16.1. The normalized spacial score (nSPS) is 10.6. The minimum atomic E-state index is -0.183. The van der Waals surface area contributed by atoms with Gasteiger partial charge in [0, 0.05) is 17.1 Å². The number of benzene rings is 2. The van der Waals surface area contributed by atoms with Crippen LogP contribution in [0.25, 0.3) is 11.4 Å². The molecule has 25 heavy (non-hydrogen) atoms.